The standard InChI is InChI=1S/C17H25N5O/c1-12-15(7-19-20(12)2)10-21-8-13-5-16(22-4-3-18-11-22)17(23)6-14(13)9-21/h3-4,7,11,13-14,16-17,23H,5-6,8-10H2,1-2H3/t13-,14+,16-,17-/m1/s1. The van der Waals surface area contributed by atoms with Crippen molar-refractivity contribution < 1.29 is 5.11 Å². The molecule has 1 saturated heterocycles. The zero-order chi connectivity index (χ0) is 16.0. The van der Waals surface area contributed by atoms with Gasteiger partial charge in [0.15, 0.2) is 0 Å². The first-order valence-electron chi connectivity index (χ1n) is 8.47. The van der Waals surface area contributed by atoms with Crippen molar-refractivity contribution in [1.29, 1.82) is 0 Å². The molecular weight excluding hydrogens is 290 g/mol. The summed E-state index contributed by atoms with van der Waals surface area (Å²) in [7, 11) is 1.99. The summed E-state index contributed by atoms with van der Waals surface area (Å²) in [5, 5.41) is 14.9. The topological polar surface area (TPSA) is 59.1 Å². The molecule has 124 valence electrons. The van der Waals surface area contributed by atoms with Crippen molar-refractivity contribution in [3.05, 3.63) is 36.2 Å². The van der Waals surface area contributed by atoms with Crippen LogP contribution >= 0.6 is 0 Å². The van der Waals surface area contributed by atoms with Crippen molar-refractivity contribution >= 4 is 0 Å². The van der Waals surface area contributed by atoms with Crippen molar-refractivity contribution in [2.75, 3.05) is 13.1 Å². The Morgan fingerprint density at radius 2 is 2.04 bits per heavy atom. The van der Waals surface area contributed by atoms with E-state index in [2.05, 4.69) is 26.5 Å². The number of hydrogen-bond acceptors (Lipinski definition) is 4. The van der Waals surface area contributed by atoms with E-state index >= 15 is 0 Å². The number of imidazole rings is 1. The quantitative estimate of drug-likeness (QED) is 0.929. The van der Waals surface area contributed by atoms with Crippen molar-refractivity contribution in [3.8, 4) is 0 Å². The van der Waals surface area contributed by atoms with Crippen LogP contribution in [-0.2, 0) is 13.6 Å². The van der Waals surface area contributed by atoms with Crippen molar-refractivity contribution in [1.82, 2.24) is 24.2 Å². The molecule has 6 nitrogen and oxygen atoms in total. The summed E-state index contributed by atoms with van der Waals surface area (Å²) in [4.78, 5) is 6.66. The van der Waals surface area contributed by atoms with Crippen molar-refractivity contribution in [2.24, 2.45) is 18.9 Å². The maximum atomic E-state index is 10.5. The van der Waals surface area contributed by atoms with Crippen LogP contribution in [-0.4, -0.2) is 48.5 Å². The fraction of sp³-hybridized carbons (Fsp3) is 0.647. The maximum absolute atomic E-state index is 10.5. The average Bonchev–Trinajstić information content (AvgIpc) is 3.23. The Labute approximate surface area is 136 Å². The Balaban J connectivity index is 1.44. The highest BCUT2D eigenvalue weighted by atomic mass is 16.3. The molecule has 1 saturated carbocycles. The second-order valence-corrected chi connectivity index (χ2v) is 7.21. The molecule has 0 spiro atoms. The number of fused-ring (bicyclic) bond motifs is 1. The van der Waals surface area contributed by atoms with Crippen molar-refractivity contribution in [2.45, 2.75) is 38.5 Å². The van der Waals surface area contributed by atoms with Crippen LogP contribution in [0.1, 0.15) is 30.1 Å². The summed E-state index contributed by atoms with van der Waals surface area (Å²) in [6, 6.07) is 0.179. The molecule has 23 heavy (non-hydrogen) atoms. The van der Waals surface area contributed by atoms with Crippen LogP contribution in [0.25, 0.3) is 0 Å². The molecule has 2 aliphatic rings. The first-order chi connectivity index (χ1) is 11.1. The van der Waals surface area contributed by atoms with Gasteiger partial charge in [-0.15, -0.1) is 0 Å². The molecule has 4 atom stereocenters. The van der Waals surface area contributed by atoms with E-state index in [-0.39, 0.29) is 12.1 Å². The Hall–Kier alpha value is -1.66. The number of hydrogen-bond donors (Lipinski definition) is 1. The highest BCUT2D eigenvalue weighted by molar-refractivity contribution is 5.16. The first-order valence-corrected chi connectivity index (χ1v) is 8.47. The summed E-state index contributed by atoms with van der Waals surface area (Å²) < 4.78 is 4.02. The van der Waals surface area contributed by atoms with Crippen LogP contribution in [0.4, 0.5) is 0 Å². The normalized spacial score (nSPS) is 31.4. The van der Waals surface area contributed by atoms with Gasteiger partial charge < -0.3 is 9.67 Å². The number of aryl methyl sites for hydroxylation is 1. The third kappa shape index (κ3) is 2.70. The predicted octanol–water partition coefficient (Wildman–Crippen LogP) is 1.37. The van der Waals surface area contributed by atoms with Crippen molar-refractivity contribution in [3.63, 3.8) is 0 Å². The van der Waals surface area contributed by atoms with Crippen LogP contribution in [0, 0.1) is 18.8 Å². The zero-order valence-corrected chi connectivity index (χ0v) is 13.8. The number of aliphatic hydroxyl groups is 1. The van der Waals surface area contributed by atoms with E-state index in [0.717, 1.165) is 32.5 Å². The lowest BCUT2D eigenvalue weighted by atomic mass is 9.77. The van der Waals surface area contributed by atoms with E-state index in [1.165, 1.54) is 11.3 Å². The SMILES string of the molecule is Cc1c(CN2C[C@H]3C[C@@H](n4ccnc4)[C@H](O)C[C@H]3C2)cnn1C. The monoisotopic (exact) mass is 315 g/mol. The Morgan fingerprint density at radius 3 is 2.70 bits per heavy atom. The molecule has 0 radical (unpaired) electrons. The van der Waals surface area contributed by atoms with E-state index in [1.54, 1.807) is 6.20 Å². The van der Waals surface area contributed by atoms with Crippen LogP contribution in [0.15, 0.2) is 24.9 Å². The molecule has 0 unspecified atom stereocenters. The minimum absolute atomic E-state index is 0.179. The largest absolute Gasteiger partial charge is 0.391 e. The van der Waals surface area contributed by atoms with E-state index in [0.29, 0.717) is 11.8 Å². The van der Waals surface area contributed by atoms with Gasteiger partial charge in [0.05, 0.1) is 24.7 Å². The lowest BCUT2D eigenvalue weighted by Crippen LogP contribution is -2.35. The summed E-state index contributed by atoms with van der Waals surface area (Å²) >= 11 is 0. The molecule has 0 bridgehead atoms. The predicted molar refractivity (Wildman–Crippen MR) is 86.7 cm³/mol. The van der Waals surface area contributed by atoms with E-state index in [4.69, 9.17) is 0 Å². The molecule has 1 aliphatic carbocycles. The third-order valence-corrected chi connectivity index (χ3v) is 5.82. The molecule has 1 aliphatic heterocycles. The van der Waals surface area contributed by atoms with E-state index < -0.39 is 0 Å². The van der Waals surface area contributed by atoms with Gasteiger partial charge in [0, 0.05) is 50.3 Å². The van der Waals surface area contributed by atoms with Gasteiger partial charge in [-0.2, -0.15) is 5.10 Å². The van der Waals surface area contributed by atoms with Gasteiger partial charge in [-0.05, 0) is 31.6 Å². The second kappa shape index (κ2) is 5.76. The van der Waals surface area contributed by atoms with Gasteiger partial charge in [-0.25, -0.2) is 4.98 Å². The van der Waals surface area contributed by atoms with Gasteiger partial charge in [-0.1, -0.05) is 0 Å². The maximum Gasteiger partial charge on any atom is 0.0949 e. The third-order valence-electron chi connectivity index (χ3n) is 5.82. The fourth-order valence-corrected chi connectivity index (χ4v) is 4.36. The molecule has 6 heteroatoms. The molecule has 0 aromatic carbocycles. The summed E-state index contributed by atoms with van der Waals surface area (Å²) in [5.41, 5.74) is 2.56. The lowest BCUT2D eigenvalue weighted by Gasteiger charge is -2.35. The van der Waals surface area contributed by atoms with Crippen LogP contribution < -0.4 is 0 Å². The van der Waals surface area contributed by atoms with Gasteiger partial charge >= 0.3 is 0 Å². The highest BCUT2D eigenvalue weighted by Gasteiger charge is 2.42. The minimum atomic E-state index is -0.259. The lowest BCUT2D eigenvalue weighted by molar-refractivity contribution is 0.0358. The minimum Gasteiger partial charge on any atom is -0.391 e. The molecule has 3 heterocycles. The van der Waals surface area contributed by atoms with Crippen LogP contribution in [0.3, 0.4) is 0 Å². The number of aromatic nitrogens is 4. The molecule has 1 N–H and O–H groups in total. The zero-order valence-electron chi connectivity index (χ0n) is 13.8. The van der Waals surface area contributed by atoms with E-state index in [9.17, 15) is 5.11 Å². The number of rotatable bonds is 3. The molecular formula is C17H25N5O. The summed E-state index contributed by atoms with van der Waals surface area (Å²) in [5.74, 6) is 1.28. The van der Waals surface area contributed by atoms with Crippen LogP contribution in [0.2, 0.25) is 0 Å². The van der Waals surface area contributed by atoms with Gasteiger partial charge in [0.25, 0.3) is 0 Å². The number of aliphatic hydroxyl groups excluding tert-OH is 1. The fourth-order valence-electron chi connectivity index (χ4n) is 4.36. The van der Waals surface area contributed by atoms with Gasteiger partial charge in [0.1, 0.15) is 0 Å². The first kappa shape index (κ1) is 14.9. The Morgan fingerprint density at radius 1 is 1.26 bits per heavy atom. The van der Waals surface area contributed by atoms with Gasteiger partial charge in [0.2, 0.25) is 0 Å². The average molecular weight is 315 g/mol. The van der Waals surface area contributed by atoms with E-state index in [1.807, 2.05) is 30.5 Å². The highest BCUT2D eigenvalue weighted by Crippen LogP contribution is 2.41. The number of nitrogens with zero attached hydrogens (tertiary/aromatic N) is 5. The second-order valence-electron chi connectivity index (χ2n) is 7.21. The summed E-state index contributed by atoms with van der Waals surface area (Å²) in [6.45, 7) is 5.31. The Bertz CT molecular complexity index is 665. The van der Waals surface area contributed by atoms with Gasteiger partial charge in [-0.3, -0.25) is 9.58 Å². The number of likely N-dealkylation sites (tertiary alicyclic amines) is 1. The summed E-state index contributed by atoms with van der Waals surface area (Å²) in [6.07, 6.45) is 9.27. The molecule has 2 aromatic rings. The molecule has 4 rings (SSSR count). The molecule has 0 amide bonds. The molecule has 2 fully saturated rings. The smallest absolute Gasteiger partial charge is 0.0949 e. The van der Waals surface area contributed by atoms with Crippen LogP contribution in [0.5, 0.6) is 0 Å². The molecule has 2 aromatic heterocycles. The Kier molecular flexibility index (Phi) is 3.73.